The Morgan fingerprint density at radius 2 is 1.91 bits per heavy atom. The van der Waals surface area contributed by atoms with Gasteiger partial charge in [0.15, 0.2) is 5.13 Å². The van der Waals surface area contributed by atoms with Gasteiger partial charge in [-0.05, 0) is 30.2 Å². The van der Waals surface area contributed by atoms with Crippen molar-refractivity contribution < 1.29 is 14.3 Å². The van der Waals surface area contributed by atoms with Crippen molar-refractivity contribution >= 4 is 70.5 Å². The summed E-state index contributed by atoms with van der Waals surface area (Å²) >= 11 is 4.93. The predicted molar refractivity (Wildman–Crippen MR) is 144 cm³/mol. The van der Waals surface area contributed by atoms with E-state index in [1.54, 1.807) is 55.2 Å². The molecule has 2 aromatic carbocycles. The number of methoxy groups -OCH3 is 2. The molecule has 0 aliphatic carbocycles. The summed E-state index contributed by atoms with van der Waals surface area (Å²) in [4.78, 5) is 25.0. The van der Waals surface area contributed by atoms with Crippen LogP contribution in [0.15, 0.2) is 36.4 Å². The molecule has 0 unspecified atom stereocenters. The van der Waals surface area contributed by atoms with Crippen LogP contribution in [0.4, 0.5) is 10.1 Å². The zero-order valence-electron chi connectivity index (χ0n) is 19.4. The Morgan fingerprint density at radius 3 is 2.69 bits per heavy atom. The third kappa shape index (κ3) is 3.91. The first kappa shape index (κ1) is 22.3. The number of benzene rings is 2. The summed E-state index contributed by atoms with van der Waals surface area (Å²) in [5.74, 6) is 1.51. The van der Waals surface area contributed by atoms with Gasteiger partial charge in [-0.15, -0.1) is 22.7 Å². The van der Waals surface area contributed by atoms with Crippen molar-refractivity contribution in [1.29, 1.82) is 0 Å². The molecule has 0 fully saturated rings. The molecule has 0 saturated carbocycles. The normalized spacial score (nSPS) is 13.3. The Hall–Kier alpha value is -3.21. The molecule has 0 bridgehead atoms. The van der Waals surface area contributed by atoms with Gasteiger partial charge in [0.25, 0.3) is 0 Å². The van der Waals surface area contributed by atoms with Crippen molar-refractivity contribution in [3.05, 3.63) is 46.8 Å². The van der Waals surface area contributed by atoms with E-state index in [0.717, 1.165) is 53.3 Å². The van der Waals surface area contributed by atoms with Gasteiger partial charge in [-0.1, -0.05) is 23.5 Å². The molecule has 1 N–H and O–H groups in total. The molecule has 5 aromatic rings. The van der Waals surface area contributed by atoms with Crippen LogP contribution in [0.1, 0.15) is 17.4 Å². The van der Waals surface area contributed by atoms with Gasteiger partial charge in [0.05, 0.1) is 35.7 Å². The topological polar surface area (TPSA) is 76.6 Å². The first-order valence-electron chi connectivity index (χ1n) is 11.1. The molecule has 6 rings (SSSR count). The summed E-state index contributed by atoms with van der Waals surface area (Å²) in [5.41, 5.74) is 4.19. The summed E-state index contributed by atoms with van der Waals surface area (Å²) in [7, 11) is 3.28. The first-order chi connectivity index (χ1) is 17.0. The van der Waals surface area contributed by atoms with Crippen LogP contribution in [0.5, 0.6) is 11.5 Å². The number of thiazole rings is 2. The summed E-state index contributed by atoms with van der Waals surface area (Å²) in [6.07, 6.45) is 0.809. The number of anilines is 2. The number of carbonyl (C=O) groups excluding carboxylic acids is 1. The number of para-hydroxylation sites is 1. The van der Waals surface area contributed by atoms with Gasteiger partial charge < -0.3 is 19.7 Å². The monoisotopic (exact) mass is 522 g/mol. The van der Waals surface area contributed by atoms with Crippen LogP contribution >= 0.6 is 34.0 Å². The van der Waals surface area contributed by atoms with E-state index in [9.17, 15) is 4.79 Å². The van der Waals surface area contributed by atoms with Gasteiger partial charge in [0.2, 0.25) is 5.91 Å². The van der Waals surface area contributed by atoms with E-state index in [2.05, 4.69) is 11.4 Å². The smallest absolute Gasteiger partial charge is 0.219 e. The average molecular weight is 523 g/mol. The summed E-state index contributed by atoms with van der Waals surface area (Å²) in [5, 5.41) is 6.35. The number of carbonyl (C=O) groups is 1. The average Bonchev–Trinajstić information content (AvgIpc) is 3.56. The van der Waals surface area contributed by atoms with Crippen molar-refractivity contribution in [3.8, 4) is 22.1 Å². The van der Waals surface area contributed by atoms with E-state index in [1.807, 2.05) is 35.2 Å². The minimum Gasteiger partial charge on any atom is -0.497 e. The Kier molecular flexibility index (Phi) is 5.58. The number of rotatable bonds is 5. The fourth-order valence-electron chi connectivity index (χ4n) is 4.36. The number of nitrogens with zero attached hydrogens (tertiary/aromatic N) is 3. The van der Waals surface area contributed by atoms with Crippen molar-refractivity contribution in [1.82, 2.24) is 14.9 Å². The van der Waals surface area contributed by atoms with Crippen molar-refractivity contribution in [2.24, 2.45) is 0 Å². The van der Waals surface area contributed by atoms with Crippen LogP contribution in [0, 0.1) is 0 Å². The highest BCUT2D eigenvalue weighted by atomic mass is 32.1. The number of fused-ring (bicyclic) bond motifs is 3. The van der Waals surface area contributed by atoms with Crippen LogP contribution in [0.25, 0.3) is 31.0 Å². The standard InChI is InChI=1S/C25H22N4O3S3/c1-13(30)29-9-8-15-20(12-29)34-24(21(15)23-26-16-6-4-5-7-18(16)33-23)28-25-27-22-17(32-3)10-14(31-2)11-19(22)35-25/h4-7,10-11H,8-9,12H2,1-3H3,(H,27,28). The van der Waals surface area contributed by atoms with E-state index >= 15 is 0 Å². The Morgan fingerprint density at radius 1 is 1.06 bits per heavy atom. The number of hydrogen-bond acceptors (Lipinski definition) is 9. The van der Waals surface area contributed by atoms with E-state index in [1.165, 1.54) is 10.4 Å². The van der Waals surface area contributed by atoms with E-state index < -0.39 is 0 Å². The molecule has 7 nitrogen and oxygen atoms in total. The quantitative estimate of drug-likeness (QED) is 0.292. The zero-order chi connectivity index (χ0) is 24.1. The molecule has 0 atom stereocenters. The van der Waals surface area contributed by atoms with E-state index in [0.29, 0.717) is 18.8 Å². The number of aromatic nitrogens is 2. The lowest BCUT2D eigenvalue weighted by Crippen LogP contribution is -2.33. The molecule has 1 aliphatic heterocycles. The van der Waals surface area contributed by atoms with Crippen molar-refractivity contribution in [3.63, 3.8) is 0 Å². The molecular weight excluding hydrogens is 501 g/mol. The number of hydrogen-bond donors (Lipinski definition) is 1. The van der Waals surface area contributed by atoms with E-state index in [-0.39, 0.29) is 5.91 Å². The largest absolute Gasteiger partial charge is 0.497 e. The molecule has 1 amide bonds. The SMILES string of the molecule is COc1cc(OC)c2nc(Nc3sc4c(c3-c3nc5ccccc5s3)CCN(C(C)=O)C4)sc2c1. The molecule has 0 spiro atoms. The predicted octanol–water partition coefficient (Wildman–Crippen LogP) is 6.30. The fraction of sp³-hybridized carbons (Fsp3) is 0.240. The summed E-state index contributed by atoms with van der Waals surface area (Å²) in [6.45, 7) is 2.98. The third-order valence-electron chi connectivity index (χ3n) is 6.12. The second-order valence-electron chi connectivity index (χ2n) is 8.21. The molecule has 0 radical (unpaired) electrons. The van der Waals surface area contributed by atoms with Crippen LogP contribution in [0.3, 0.4) is 0 Å². The van der Waals surface area contributed by atoms with Crippen LogP contribution in [0.2, 0.25) is 0 Å². The molecule has 1 aliphatic rings. The van der Waals surface area contributed by atoms with Crippen LogP contribution in [-0.2, 0) is 17.8 Å². The lowest BCUT2D eigenvalue weighted by Gasteiger charge is -2.25. The number of amides is 1. The number of ether oxygens (including phenoxy) is 2. The summed E-state index contributed by atoms with van der Waals surface area (Å²) in [6, 6.07) is 12.0. The highest BCUT2D eigenvalue weighted by Gasteiger charge is 2.28. The Labute approximate surface area is 214 Å². The van der Waals surface area contributed by atoms with Gasteiger partial charge in [-0.2, -0.15) is 0 Å². The molecule has 4 heterocycles. The molecule has 10 heteroatoms. The number of thiophene rings is 1. The van der Waals surface area contributed by atoms with Crippen molar-refractivity contribution in [2.75, 3.05) is 26.1 Å². The second-order valence-corrected chi connectivity index (χ2v) is 11.4. The highest BCUT2D eigenvalue weighted by Crippen LogP contribution is 2.47. The zero-order valence-corrected chi connectivity index (χ0v) is 21.8. The van der Waals surface area contributed by atoms with Gasteiger partial charge in [0, 0.05) is 30.0 Å². The van der Waals surface area contributed by atoms with Crippen molar-refractivity contribution in [2.45, 2.75) is 19.9 Å². The molecule has 3 aromatic heterocycles. The molecular formula is C25H22N4O3S3. The van der Waals surface area contributed by atoms with Crippen LogP contribution in [-0.4, -0.2) is 41.5 Å². The molecule has 35 heavy (non-hydrogen) atoms. The van der Waals surface area contributed by atoms with Gasteiger partial charge in [-0.25, -0.2) is 9.97 Å². The lowest BCUT2D eigenvalue weighted by molar-refractivity contribution is -0.129. The third-order valence-corrected chi connectivity index (χ3v) is 9.22. The Balaban J connectivity index is 1.47. The molecule has 0 saturated heterocycles. The minimum absolute atomic E-state index is 0.104. The van der Waals surface area contributed by atoms with Crippen LogP contribution < -0.4 is 14.8 Å². The lowest BCUT2D eigenvalue weighted by atomic mass is 10.0. The maximum Gasteiger partial charge on any atom is 0.219 e. The minimum atomic E-state index is 0.104. The van der Waals surface area contributed by atoms with E-state index in [4.69, 9.17) is 19.4 Å². The maximum atomic E-state index is 12.1. The second kappa shape index (κ2) is 8.78. The molecule has 178 valence electrons. The summed E-state index contributed by atoms with van der Waals surface area (Å²) < 4.78 is 13.1. The van der Waals surface area contributed by atoms with Gasteiger partial charge in [0.1, 0.15) is 27.0 Å². The van der Waals surface area contributed by atoms with Gasteiger partial charge >= 0.3 is 0 Å². The van der Waals surface area contributed by atoms with Gasteiger partial charge in [-0.3, -0.25) is 4.79 Å². The Bertz CT molecular complexity index is 1550. The fourth-order valence-corrected chi connectivity index (χ4v) is 7.72. The number of nitrogens with one attached hydrogen (secondary N) is 1. The first-order valence-corrected chi connectivity index (χ1v) is 13.5. The maximum absolute atomic E-state index is 12.1. The highest BCUT2D eigenvalue weighted by molar-refractivity contribution is 7.24.